The van der Waals surface area contributed by atoms with Gasteiger partial charge in [-0.3, -0.25) is 9.59 Å². The largest absolute Gasteiger partial charge is 0.423 e. The molecule has 0 amide bonds. The summed E-state index contributed by atoms with van der Waals surface area (Å²) in [6, 6.07) is 5.73. The summed E-state index contributed by atoms with van der Waals surface area (Å²) in [5.74, 6) is 0.275. The van der Waals surface area contributed by atoms with Gasteiger partial charge < -0.3 is 9.47 Å². The van der Waals surface area contributed by atoms with Crippen LogP contribution in [0.5, 0.6) is 11.5 Å². The minimum Gasteiger partial charge on any atom is -0.423 e. The lowest BCUT2D eigenvalue weighted by molar-refractivity contribution is -0.137. The van der Waals surface area contributed by atoms with Gasteiger partial charge in [0.05, 0.1) is 0 Å². The summed E-state index contributed by atoms with van der Waals surface area (Å²) >= 11 is 0. The number of hydrogen-bond acceptors (Lipinski definition) is 4. The van der Waals surface area contributed by atoms with E-state index >= 15 is 0 Å². The van der Waals surface area contributed by atoms with Crippen molar-refractivity contribution in [2.45, 2.75) is 168 Å². The maximum absolute atomic E-state index is 12.5. The molecule has 38 heavy (non-hydrogen) atoms. The third kappa shape index (κ3) is 18.4. The molecule has 0 aliphatic carbocycles. The number of unbranched alkanes of at least 4 members (excludes halogenated alkanes) is 17. The first-order valence-electron chi connectivity index (χ1n) is 16.1. The Morgan fingerprint density at radius 1 is 0.500 bits per heavy atom. The van der Waals surface area contributed by atoms with Crippen LogP contribution in [0.25, 0.3) is 0 Å². The number of carbonyl (C=O) groups is 2. The molecule has 0 saturated heterocycles. The Hall–Kier alpha value is -1.84. The highest BCUT2D eigenvalue weighted by atomic mass is 16.6. The van der Waals surface area contributed by atoms with E-state index in [4.69, 9.17) is 9.47 Å². The van der Waals surface area contributed by atoms with Crippen molar-refractivity contribution >= 4 is 11.9 Å². The minimum absolute atomic E-state index is 0.241. The fourth-order valence-electron chi connectivity index (χ4n) is 4.78. The van der Waals surface area contributed by atoms with Crippen molar-refractivity contribution in [1.82, 2.24) is 0 Å². The number of aryl methyl sites for hydroxylation is 1. The van der Waals surface area contributed by atoms with Crippen LogP contribution in [0.3, 0.4) is 0 Å². The van der Waals surface area contributed by atoms with E-state index in [1.165, 1.54) is 83.5 Å². The van der Waals surface area contributed by atoms with Crippen LogP contribution in [0, 0.1) is 0 Å². The van der Waals surface area contributed by atoms with E-state index in [1.807, 2.05) is 18.2 Å². The van der Waals surface area contributed by atoms with Gasteiger partial charge in [0.25, 0.3) is 0 Å². The molecule has 0 radical (unpaired) electrons. The van der Waals surface area contributed by atoms with Crippen molar-refractivity contribution in [2.75, 3.05) is 0 Å². The van der Waals surface area contributed by atoms with Crippen molar-refractivity contribution in [3.05, 3.63) is 23.8 Å². The standard InChI is InChI=1S/C34H58O4/c1-4-7-10-13-14-15-16-17-20-21-24-30-27-28-31(37-33(35)25-22-18-11-8-5-2)32(29-30)38-34(36)26-23-19-12-9-6-3/h27-29H,4-26H2,1-3H3. The van der Waals surface area contributed by atoms with Crippen molar-refractivity contribution < 1.29 is 19.1 Å². The van der Waals surface area contributed by atoms with Gasteiger partial charge in [0.2, 0.25) is 0 Å². The monoisotopic (exact) mass is 530 g/mol. The molecule has 0 heterocycles. The highest BCUT2D eigenvalue weighted by Crippen LogP contribution is 2.30. The molecule has 1 rings (SSSR count). The molecule has 0 saturated carbocycles. The molecular formula is C34H58O4. The first-order valence-corrected chi connectivity index (χ1v) is 16.1. The van der Waals surface area contributed by atoms with Crippen molar-refractivity contribution in [3.8, 4) is 11.5 Å². The minimum atomic E-state index is -0.249. The van der Waals surface area contributed by atoms with Crippen molar-refractivity contribution in [3.63, 3.8) is 0 Å². The lowest BCUT2D eigenvalue weighted by atomic mass is 10.0. The summed E-state index contributed by atoms with van der Waals surface area (Å²) in [6.07, 6.45) is 25.7. The normalized spacial score (nSPS) is 11.0. The van der Waals surface area contributed by atoms with Crippen LogP contribution in [0.2, 0.25) is 0 Å². The Kier molecular flexibility index (Phi) is 21.8. The molecule has 4 heteroatoms. The number of rotatable bonds is 25. The highest BCUT2D eigenvalue weighted by molar-refractivity contribution is 5.76. The second-order valence-corrected chi connectivity index (χ2v) is 11.0. The summed E-state index contributed by atoms with van der Waals surface area (Å²) < 4.78 is 11.4. The number of hydrogen-bond donors (Lipinski definition) is 0. The second kappa shape index (κ2) is 24.2. The van der Waals surface area contributed by atoms with Gasteiger partial charge >= 0.3 is 11.9 Å². The molecular weight excluding hydrogens is 472 g/mol. The summed E-state index contributed by atoms with van der Waals surface area (Å²) in [5, 5.41) is 0. The maximum atomic E-state index is 12.5. The second-order valence-electron chi connectivity index (χ2n) is 11.0. The van der Waals surface area contributed by atoms with E-state index in [2.05, 4.69) is 20.8 Å². The molecule has 0 N–H and O–H groups in total. The van der Waals surface area contributed by atoms with Gasteiger partial charge in [0, 0.05) is 12.8 Å². The predicted octanol–water partition coefficient (Wildman–Crippen LogP) is 10.7. The molecule has 0 fully saturated rings. The van der Waals surface area contributed by atoms with Crippen LogP contribution < -0.4 is 9.47 Å². The fourth-order valence-corrected chi connectivity index (χ4v) is 4.78. The zero-order valence-corrected chi connectivity index (χ0v) is 25.1. The summed E-state index contributed by atoms with van der Waals surface area (Å²) in [5.41, 5.74) is 1.13. The average Bonchev–Trinajstić information content (AvgIpc) is 2.91. The average molecular weight is 531 g/mol. The Labute approximate surface area is 234 Å². The van der Waals surface area contributed by atoms with E-state index in [0.29, 0.717) is 24.3 Å². The summed E-state index contributed by atoms with van der Waals surface area (Å²) in [4.78, 5) is 25.0. The SMILES string of the molecule is CCCCCCCCCCCCc1ccc(OC(=O)CCCCCCC)c(OC(=O)CCCCCCC)c1. The first kappa shape index (κ1) is 34.2. The van der Waals surface area contributed by atoms with E-state index in [1.54, 1.807) is 0 Å². The van der Waals surface area contributed by atoms with E-state index in [-0.39, 0.29) is 11.9 Å². The number of benzene rings is 1. The third-order valence-corrected chi connectivity index (χ3v) is 7.24. The molecule has 1 aromatic carbocycles. The molecule has 218 valence electrons. The van der Waals surface area contributed by atoms with Gasteiger partial charge in [-0.05, 0) is 43.4 Å². The van der Waals surface area contributed by atoms with Crippen LogP contribution in [0.15, 0.2) is 18.2 Å². The zero-order valence-electron chi connectivity index (χ0n) is 25.1. The van der Waals surface area contributed by atoms with Gasteiger partial charge in [-0.1, -0.05) is 136 Å². The Morgan fingerprint density at radius 2 is 0.895 bits per heavy atom. The van der Waals surface area contributed by atoms with Crippen LogP contribution in [-0.2, 0) is 16.0 Å². The zero-order chi connectivity index (χ0) is 27.7. The Balaban J connectivity index is 2.56. The molecule has 0 unspecified atom stereocenters. The molecule has 0 aliphatic heterocycles. The van der Waals surface area contributed by atoms with E-state index in [0.717, 1.165) is 56.9 Å². The van der Waals surface area contributed by atoms with Gasteiger partial charge in [-0.15, -0.1) is 0 Å². The van der Waals surface area contributed by atoms with E-state index in [9.17, 15) is 9.59 Å². The molecule has 0 bridgehead atoms. The van der Waals surface area contributed by atoms with Crippen LogP contribution >= 0.6 is 0 Å². The lowest BCUT2D eigenvalue weighted by Gasteiger charge is -2.13. The van der Waals surface area contributed by atoms with Crippen LogP contribution in [-0.4, -0.2) is 11.9 Å². The predicted molar refractivity (Wildman–Crippen MR) is 160 cm³/mol. The number of carbonyl (C=O) groups excluding carboxylic acids is 2. The third-order valence-electron chi connectivity index (χ3n) is 7.24. The van der Waals surface area contributed by atoms with Crippen LogP contribution in [0.1, 0.15) is 168 Å². The smallest absolute Gasteiger partial charge is 0.311 e. The van der Waals surface area contributed by atoms with Crippen molar-refractivity contribution in [2.24, 2.45) is 0 Å². The van der Waals surface area contributed by atoms with Gasteiger partial charge in [-0.2, -0.15) is 0 Å². The molecule has 0 atom stereocenters. The number of esters is 2. The topological polar surface area (TPSA) is 52.6 Å². The molecule has 0 spiro atoms. The lowest BCUT2D eigenvalue weighted by Crippen LogP contribution is -2.12. The molecule has 0 aromatic heterocycles. The van der Waals surface area contributed by atoms with Gasteiger partial charge in [0.1, 0.15) is 0 Å². The Bertz CT molecular complexity index is 727. The van der Waals surface area contributed by atoms with E-state index < -0.39 is 0 Å². The molecule has 0 aliphatic rings. The van der Waals surface area contributed by atoms with Crippen LogP contribution in [0.4, 0.5) is 0 Å². The summed E-state index contributed by atoms with van der Waals surface area (Å²) in [7, 11) is 0. The van der Waals surface area contributed by atoms with Crippen molar-refractivity contribution in [1.29, 1.82) is 0 Å². The molecule has 1 aromatic rings. The fraction of sp³-hybridized carbons (Fsp3) is 0.765. The van der Waals surface area contributed by atoms with Gasteiger partial charge in [0.15, 0.2) is 11.5 Å². The maximum Gasteiger partial charge on any atom is 0.311 e. The Morgan fingerprint density at radius 3 is 1.37 bits per heavy atom. The highest BCUT2D eigenvalue weighted by Gasteiger charge is 2.15. The summed E-state index contributed by atoms with van der Waals surface area (Å²) in [6.45, 7) is 6.63. The number of ether oxygens (including phenoxy) is 2. The van der Waals surface area contributed by atoms with Gasteiger partial charge in [-0.25, -0.2) is 0 Å². The first-order chi connectivity index (χ1) is 18.6. The molecule has 4 nitrogen and oxygen atoms in total. The quantitative estimate of drug-likeness (QED) is 0.0716.